The number of amides is 3. The lowest BCUT2D eigenvalue weighted by molar-refractivity contribution is -0.152. The number of benzene rings is 2. The van der Waals surface area contributed by atoms with Crippen LogP contribution in [0, 0.1) is 24.6 Å². The zero-order valence-corrected chi connectivity index (χ0v) is 25.4. The van der Waals surface area contributed by atoms with Crippen LogP contribution in [0.5, 0.6) is 0 Å². The molecule has 0 saturated heterocycles. The number of aryl methyl sites for hydroxylation is 1. The normalized spacial score (nSPS) is 16.9. The van der Waals surface area contributed by atoms with Gasteiger partial charge in [-0.25, -0.2) is 9.38 Å². The molecular formula is C29H30F7N5O5S. The van der Waals surface area contributed by atoms with Gasteiger partial charge in [0.1, 0.15) is 11.9 Å². The van der Waals surface area contributed by atoms with Crippen molar-refractivity contribution in [3.8, 4) is 0 Å². The average Bonchev–Trinajstić information content (AvgIpc) is 3.10. The van der Waals surface area contributed by atoms with E-state index in [4.69, 9.17) is 10.8 Å². The van der Waals surface area contributed by atoms with Crippen molar-refractivity contribution in [1.82, 2.24) is 10.0 Å². The number of benzodiazepines with no additional fused rings is 1. The highest BCUT2D eigenvalue weighted by Crippen LogP contribution is 2.34. The van der Waals surface area contributed by atoms with Gasteiger partial charge in [-0.1, -0.05) is 30.3 Å². The lowest BCUT2D eigenvalue weighted by Crippen LogP contribution is -2.48. The fraction of sp³-hybridized carbons (Fsp3) is 0.414. The number of rotatable bonds is 13. The highest BCUT2D eigenvalue weighted by atomic mass is 32.2. The predicted molar refractivity (Wildman–Crippen MR) is 158 cm³/mol. The molecule has 2 aromatic rings. The second-order valence-corrected chi connectivity index (χ2v) is 11.5. The third-order valence-electron chi connectivity index (χ3n) is 7.05. The van der Waals surface area contributed by atoms with Gasteiger partial charge >= 0.3 is 18.3 Å². The Labute approximate surface area is 267 Å². The number of para-hydroxylation sites is 1. The van der Waals surface area contributed by atoms with Crippen LogP contribution in [0.4, 0.5) is 36.4 Å². The van der Waals surface area contributed by atoms with E-state index < -0.39 is 97.3 Å². The number of halogens is 7. The highest BCUT2D eigenvalue weighted by molar-refractivity contribution is 7.98. The Kier molecular flexibility index (Phi) is 12.4. The number of alkyl halides is 6. The van der Waals surface area contributed by atoms with Crippen molar-refractivity contribution >= 4 is 47.0 Å². The van der Waals surface area contributed by atoms with E-state index in [1.807, 2.05) is 0 Å². The topological polar surface area (TPSA) is 163 Å². The third kappa shape index (κ3) is 10.9. The summed E-state index contributed by atoms with van der Waals surface area (Å²) in [6, 6.07) is 8.36. The van der Waals surface area contributed by atoms with Gasteiger partial charge in [-0.3, -0.25) is 23.9 Å². The van der Waals surface area contributed by atoms with Crippen molar-refractivity contribution in [3.63, 3.8) is 0 Å². The Morgan fingerprint density at radius 3 is 2.17 bits per heavy atom. The quantitative estimate of drug-likeness (QED) is 0.153. The fourth-order valence-electron chi connectivity index (χ4n) is 4.70. The molecule has 1 aliphatic rings. The maximum absolute atomic E-state index is 14.2. The van der Waals surface area contributed by atoms with Crippen molar-refractivity contribution < 1.29 is 55.0 Å². The second-order valence-electron chi connectivity index (χ2n) is 10.6. The smallest absolute Gasteiger partial charge is 0.389 e. The van der Waals surface area contributed by atoms with Crippen molar-refractivity contribution in [2.45, 2.75) is 57.2 Å². The number of anilines is 1. The first-order chi connectivity index (χ1) is 21.9. The molecule has 256 valence electrons. The van der Waals surface area contributed by atoms with E-state index in [0.29, 0.717) is 23.1 Å². The molecule has 47 heavy (non-hydrogen) atoms. The van der Waals surface area contributed by atoms with Crippen molar-refractivity contribution in [2.75, 3.05) is 11.1 Å². The van der Waals surface area contributed by atoms with Gasteiger partial charge in [-0.2, -0.15) is 26.3 Å². The molecule has 6 N–H and O–H groups in total. The third-order valence-corrected chi connectivity index (χ3v) is 7.92. The maximum Gasteiger partial charge on any atom is 0.389 e. The lowest BCUT2D eigenvalue weighted by atomic mass is 9.83. The molecule has 4 unspecified atom stereocenters. The average molecular weight is 694 g/mol. The number of carboxylic acids is 1. The van der Waals surface area contributed by atoms with Crippen molar-refractivity contribution in [1.29, 1.82) is 0 Å². The first kappa shape index (κ1) is 37.3. The molecule has 0 bridgehead atoms. The van der Waals surface area contributed by atoms with Crippen LogP contribution < -0.4 is 21.1 Å². The molecule has 3 rings (SSSR count). The van der Waals surface area contributed by atoms with Gasteiger partial charge in [0.25, 0.3) is 5.91 Å². The fourth-order valence-corrected chi connectivity index (χ4v) is 5.40. The summed E-state index contributed by atoms with van der Waals surface area (Å²) in [6.07, 6.45) is -17.2. The van der Waals surface area contributed by atoms with Crippen LogP contribution in [0.2, 0.25) is 0 Å². The van der Waals surface area contributed by atoms with Gasteiger partial charge in [0.15, 0.2) is 0 Å². The molecule has 4 atom stereocenters. The van der Waals surface area contributed by atoms with Gasteiger partial charge in [-0.15, -0.1) is 0 Å². The first-order valence-corrected chi connectivity index (χ1v) is 14.9. The molecule has 0 radical (unpaired) electrons. The van der Waals surface area contributed by atoms with E-state index in [1.165, 1.54) is 12.1 Å². The molecule has 2 aromatic carbocycles. The van der Waals surface area contributed by atoms with Crippen LogP contribution in [-0.2, 0) is 19.2 Å². The zero-order valence-electron chi connectivity index (χ0n) is 24.5. The van der Waals surface area contributed by atoms with Crippen molar-refractivity contribution in [2.24, 2.45) is 22.6 Å². The van der Waals surface area contributed by atoms with Crippen LogP contribution in [0.3, 0.4) is 0 Å². The number of carboxylic acid groups (broad SMARTS) is 1. The van der Waals surface area contributed by atoms with E-state index in [0.717, 1.165) is 12.1 Å². The summed E-state index contributed by atoms with van der Waals surface area (Å²) < 4.78 is 95.9. The number of fused-ring (bicyclic) bond motifs is 1. The molecule has 0 saturated carbocycles. The predicted octanol–water partition coefficient (Wildman–Crippen LogP) is 4.46. The van der Waals surface area contributed by atoms with Gasteiger partial charge in [0, 0.05) is 35.6 Å². The summed E-state index contributed by atoms with van der Waals surface area (Å²) in [5.41, 5.74) is 6.62. The summed E-state index contributed by atoms with van der Waals surface area (Å²) >= 11 is 0.387. The standard InChI is InChI=1S/C29H30F7N5O5S/c1-14-4-2-7-19-21(14)39-26(44)23(38-22(19)15-5-3-6-16(30)12-15)40-24(42)17(8-10-28(31,32)33)18(9-11-29(34,35)36)25(43)41-47-13-20(37)27(45)46/h2-7,12,17-18,20,23H,8-11,13,37H2,1H3,(H,39,44)(H,40,42)(H,41,43)(H,45,46). The van der Waals surface area contributed by atoms with Crippen LogP contribution in [0.1, 0.15) is 42.4 Å². The van der Waals surface area contributed by atoms with Crippen LogP contribution in [0.25, 0.3) is 0 Å². The number of aliphatic imine (C=N–C) groups is 1. The van der Waals surface area contributed by atoms with E-state index in [1.54, 1.807) is 25.1 Å². The molecule has 0 aliphatic carbocycles. The summed E-state index contributed by atoms with van der Waals surface area (Å²) in [4.78, 5) is 55.2. The molecule has 18 heteroatoms. The van der Waals surface area contributed by atoms with Gasteiger partial charge in [0.2, 0.25) is 18.0 Å². The van der Waals surface area contributed by atoms with Gasteiger partial charge < -0.3 is 21.5 Å². The molecule has 0 spiro atoms. The van der Waals surface area contributed by atoms with E-state index in [2.05, 4.69) is 20.3 Å². The molecular weight excluding hydrogens is 663 g/mol. The Hall–Kier alpha value is -4.19. The molecule has 1 aliphatic heterocycles. The molecule has 0 aromatic heterocycles. The van der Waals surface area contributed by atoms with Crippen LogP contribution >= 0.6 is 11.9 Å². The lowest BCUT2D eigenvalue weighted by Gasteiger charge is -2.27. The summed E-state index contributed by atoms with van der Waals surface area (Å²) in [7, 11) is 0. The van der Waals surface area contributed by atoms with Gasteiger partial charge in [-0.05, 0) is 49.4 Å². The monoisotopic (exact) mass is 693 g/mol. The summed E-state index contributed by atoms with van der Waals surface area (Å²) in [5, 5.41) is 13.7. The highest BCUT2D eigenvalue weighted by Gasteiger charge is 2.41. The number of carbonyl (C=O) groups is 4. The number of hydrogen-bond donors (Lipinski definition) is 5. The number of carbonyl (C=O) groups excluding carboxylic acids is 3. The molecule has 1 heterocycles. The van der Waals surface area contributed by atoms with E-state index in [-0.39, 0.29) is 17.0 Å². The van der Waals surface area contributed by atoms with Crippen LogP contribution in [-0.4, -0.2) is 64.8 Å². The Balaban J connectivity index is 2.01. The number of nitrogens with one attached hydrogen (secondary N) is 3. The molecule has 10 nitrogen and oxygen atoms in total. The second kappa shape index (κ2) is 15.6. The van der Waals surface area contributed by atoms with E-state index in [9.17, 15) is 49.9 Å². The van der Waals surface area contributed by atoms with Crippen molar-refractivity contribution in [3.05, 3.63) is 65.0 Å². The van der Waals surface area contributed by atoms with E-state index >= 15 is 0 Å². The minimum atomic E-state index is -4.88. The molecule has 3 amide bonds. The summed E-state index contributed by atoms with van der Waals surface area (Å²) in [6.45, 7) is 1.64. The SMILES string of the molecule is Cc1cccc2c1NC(=O)C(NC(=O)C(CCC(F)(F)F)C(CCC(F)(F)F)C(=O)NSCC(N)C(=O)O)N=C2c1cccc(F)c1. The number of hydrogen-bond acceptors (Lipinski definition) is 7. The molecule has 0 fully saturated rings. The van der Waals surface area contributed by atoms with Crippen LogP contribution in [0.15, 0.2) is 47.5 Å². The minimum Gasteiger partial charge on any atom is -0.480 e. The Morgan fingerprint density at radius 2 is 1.60 bits per heavy atom. The zero-order chi connectivity index (χ0) is 35.1. The minimum absolute atomic E-state index is 0.0104. The summed E-state index contributed by atoms with van der Waals surface area (Å²) in [5.74, 6) is -10.3. The Morgan fingerprint density at radius 1 is 1.00 bits per heavy atom. The number of aliphatic carboxylic acids is 1. The Bertz CT molecular complexity index is 1520. The first-order valence-electron chi connectivity index (χ1n) is 13.9. The number of nitrogens with zero attached hydrogens (tertiary/aromatic N) is 1. The number of nitrogens with two attached hydrogens (primary N) is 1. The largest absolute Gasteiger partial charge is 0.480 e. The maximum atomic E-state index is 14.2. The van der Waals surface area contributed by atoms with Gasteiger partial charge in [0.05, 0.1) is 17.3 Å².